The fraction of sp³-hybridized carbons (Fsp3) is 0.478. The Morgan fingerprint density at radius 3 is 2.68 bits per heavy atom. The van der Waals surface area contributed by atoms with E-state index in [1.54, 1.807) is 18.5 Å². The number of anilines is 1. The molecule has 8 heteroatoms. The molecule has 162 valence electrons. The van der Waals surface area contributed by atoms with Crippen LogP contribution >= 0.6 is 0 Å². The summed E-state index contributed by atoms with van der Waals surface area (Å²) in [5.41, 5.74) is 4.13. The van der Waals surface area contributed by atoms with Gasteiger partial charge in [-0.2, -0.15) is 5.10 Å². The van der Waals surface area contributed by atoms with Crippen LogP contribution in [0.4, 0.5) is 5.69 Å². The molecule has 1 saturated carbocycles. The van der Waals surface area contributed by atoms with Crippen molar-refractivity contribution in [2.45, 2.75) is 52.2 Å². The Balaban J connectivity index is 1.35. The average molecular weight is 421 g/mol. The van der Waals surface area contributed by atoms with Crippen molar-refractivity contribution in [2.75, 3.05) is 24.5 Å². The molecule has 1 atom stereocenters. The molecule has 3 aromatic rings. The molecule has 0 radical (unpaired) electrons. The fourth-order valence-corrected chi connectivity index (χ4v) is 4.43. The first-order chi connectivity index (χ1) is 15.0. The van der Waals surface area contributed by atoms with E-state index in [1.807, 2.05) is 26.0 Å². The summed E-state index contributed by atoms with van der Waals surface area (Å²) in [5.74, 6) is 0.679. The SMILES string of the molecule is Cc1ccc(-c2noc(C)c2Cn2ncc(N3CCN(C4CC4)[C@@H](C)C3)cc2=O)cn1. The summed E-state index contributed by atoms with van der Waals surface area (Å²) in [5, 5.41) is 8.67. The molecule has 0 unspecified atom stereocenters. The van der Waals surface area contributed by atoms with E-state index < -0.39 is 0 Å². The van der Waals surface area contributed by atoms with Gasteiger partial charge in [0.15, 0.2) is 0 Å². The largest absolute Gasteiger partial charge is 0.367 e. The average Bonchev–Trinajstić information content (AvgIpc) is 3.54. The van der Waals surface area contributed by atoms with Crippen molar-refractivity contribution in [3.63, 3.8) is 0 Å². The minimum absolute atomic E-state index is 0.122. The van der Waals surface area contributed by atoms with E-state index in [0.717, 1.165) is 48.2 Å². The fourth-order valence-electron chi connectivity index (χ4n) is 4.43. The van der Waals surface area contributed by atoms with Crippen LogP contribution in [0.2, 0.25) is 0 Å². The van der Waals surface area contributed by atoms with Gasteiger partial charge < -0.3 is 9.42 Å². The highest BCUT2D eigenvalue weighted by Crippen LogP contribution is 2.31. The molecular weight excluding hydrogens is 392 g/mol. The number of piperazine rings is 1. The number of hydrogen-bond acceptors (Lipinski definition) is 7. The van der Waals surface area contributed by atoms with Crippen molar-refractivity contribution < 1.29 is 4.52 Å². The molecule has 4 heterocycles. The second-order valence-corrected chi connectivity index (χ2v) is 8.73. The lowest BCUT2D eigenvalue weighted by molar-refractivity contribution is 0.180. The zero-order valence-corrected chi connectivity index (χ0v) is 18.3. The number of pyridine rings is 1. The smallest absolute Gasteiger partial charge is 0.269 e. The maximum atomic E-state index is 12.9. The summed E-state index contributed by atoms with van der Waals surface area (Å²) in [6.45, 7) is 9.28. The van der Waals surface area contributed by atoms with Gasteiger partial charge in [0.25, 0.3) is 5.56 Å². The van der Waals surface area contributed by atoms with Crippen molar-refractivity contribution in [3.05, 3.63) is 58.0 Å². The molecule has 1 saturated heterocycles. The molecule has 31 heavy (non-hydrogen) atoms. The molecule has 2 fully saturated rings. The minimum atomic E-state index is -0.122. The monoisotopic (exact) mass is 420 g/mol. The van der Waals surface area contributed by atoms with Crippen LogP contribution in [0.25, 0.3) is 11.3 Å². The normalized spacial score (nSPS) is 19.7. The second-order valence-electron chi connectivity index (χ2n) is 8.73. The van der Waals surface area contributed by atoms with Crippen molar-refractivity contribution in [1.82, 2.24) is 24.8 Å². The molecule has 2 aliphatic rings. The van der Waals surface area contributed by atoms with E-state index in [4.69, 9.17) is 4.52 Å². The van der Waals surface area contributed by atoms with E-state index in [0.29, 0.717) is 24.0 Å². The second kappa shape index (κ2) is 7.92. The number of nitrogens with zero attached hydrogens (tertiary/aromatic N) is 6. The van der Waals surface area contributed by atoms with Gasteiger partial charge >= 0.3 is 0 Å². The first kappa shape index (κ1) is 19.9. The Hall–Kier alpha value is -3.00. The summed E-state index contributed by atoms with van der Waals surface area (Å²) >= 11 is 0. The lowest BCUT2D eigenvalue weighted by Gasteiger charge is -2.41. The minimum Gasteiger partial charge on any atom is -0.367 e. The summed E-state index contributed by atoms with van der Waals surface area (Å²) in [6, 6.07) is 6.86. The predicted octanol–water partition coefficient (Wildman–Crippen LogP) is 2.63. The van der Waals surface area contributed by atoms with Crippen LogP contribution < -0.4 is 10.5 Å². The summed E-state index contributed by atoms with van der Waals surface area (Å²) in [7, 11) is 0. The van der Waals surface area contributed by atoms with E-state index in [1.165, 1.54) is 17.5 Å². The van der Waals surface area contributed by atoms with Gasteiger partial charge in [0.2, 0.25) is 0 Å². The molecule has 5 rings (SSSR count). The topological polar surface area (TPSA) is 80.3 Å². The van der Waals surface area contributed by atoms with Crippen molar-refractivity contribution >= 4 is 5.69 Å². The van der Waals surface area contributed by atoms with Crippen LogP contribution in [0.1, 0.15) is 36.8 Å². The molecule has 0 spiro atoms. The molecule has 0 amide bonds. The third-order valence-electron chi connectivity index (χ3n) is 6.39. The number of hydrogen-bond donors (Lipinski definition) is 0. The molecular formula is C23H28N6O2. The van der Waals surface area contributed by atoms with Crippen LogP contribution in [0.5, 0.6) is 0 Å². The van der Waals surface area contributed by atoms with Gasteiger partial charge in [-0.1, -0.05) is 5.16 Å². The zero-order chi connectivity index (χ0) is 21.5. The van der Waals surface area contributed by atoms with Gasteiger partial charge in [-0.15, -0.1) is 0 Å². The van der Waals surface area contributed by atoms with Gasteiger partial charge in [0, 0.05) is 60.8 Å². The van der Waals surface area contributed by atoms with Crippen LogP contribution in [0, 0.1) is 13.8 Å². The van der Waals surface area contributed by atoms with Gasteiger partial charge in [-0.05, 0) is 45.7 Å². The van der Waals surface area contributed by atoms with E-state index >= 15 is 0 Å². The number of aromatic nitrogens is 4. The summed E-state index contributed by atoms with van der Waals surface area (Å²) in [4.78, 5) is 22.1. The van der Waals surface area contributed by atoms with E-state index in [-0.39, 0.29) is 5.56 Å². The Bertz CT molecular complexity index is 1130. The molecule has 0 bridgehead atoms. The number of aryl methyl sites for hydroxylation is 2. The summed E-state index contributed by atoms with van der Waals surface area (Å²) in [6.07, 6.45) is 6.23. The van der Waals surface area contributed by atoms with Gasteiger partial charge in [0.1, 0.15) is 11.5 Å². The van der Waals surface area contributed by atoms with Crippen molar-refractivity contribution in [1.29, 1.82) is 0 Å². The van der Waals surface area contributed by atoms with Crippen LogP contribution in [0.15, 0.2) is 39.9 Å². The third-order valence-corrected chi connectivity index (χ3v) is 6.39. The van der Waals surface area contributed by atoms with Crippen molar-refractivity contribution in [3.8, 4) is 11.3 Å². The van der Waals surface area contributed by atoms with Gasteiger partial charge in [-0.25, -0.2) is 4.68 Å². The summed E-state index contributed by atoms with van der Waals surface area (Å²) < 4.78 is 6.89. The first-order valence-electron chi connectivity index (χ1n) is 11.0. The Morgan fingerprint density at radius 1 is 1.16 bits per heavy atom. The van der Waals surface area contributed by atoms with Gasteiger partial charge in [-0.3, -0.25) is 14.7 Å². The Morgan fingerprint density at radius 2 is 2.00 bits per heavy atom. The lowest BCUT2D eigenvalue weighted by atomic mass is 10.1. The number of rotatable bonds is 5. The molecule has 1 aliphatic carbocycles. The van der Waals surface area contributed by atoms with Gasteiger partial charge in [0.05, 0.1) is 18.4 Å². The molecule has 0 N–H and O–H groups in total. The van der Waals surface area contributed by atoms with Crippen LogP contribution in [-0.2, 0) is 6.54 Å². The molecule has 0 aromatic carbocycles. The van der Waals surface area contributed by atoms with Crippen LogP contribution in [0.3, 0.4) is 0 Å². The highest BCUT2D eigenvalue weighted by Gasteiger charge is 2.35. The predicted molar refractivity (Wildman–Crippen MR) is 118 cm³/mol. The van der Waals surface area contributed by atoms with E-state index in [2.05, 4.69) is 32.0 Å². The highest BCUT2D eigenvalue weighted by molar-refractivity contribution is 5.62. The lowest BCUT2D eigenvalue weighted by Crippen LogP contribution is -2.53. The molecule has 1 aliphatic heterocycles. The quantitative estimate of drug-likeness (QED) is 0.628. The van der Waals surface area contributed by atoms with Crippen molar-refractivity contribution in [2.24, 2.45) is 0 Å². The maximum Gasteiger partial charge on any atom is 0.269 e. The zero-order valence-electron chi connectivity index (χ0n) is 18.3. The van der Waals surface area contributed by atoms with E-state index in [9.17, 15) is 4.79 Å². The maximum absolute atomic E-state index is 12.9. The molecule has 8 nitrogen and oxygen atoms in total. The Labute approximate surface area is 181 Å². The Kier molecular flexibility index (Phi) is 5.09. The molecule has 3 aromatic heterocycles. The van der Waals surface area contributed by atoms with Crippen LogP contribution in [-0.4, -0.2) is 56.5 Å². The third kappa shape index (κ3) is 3.99. The standard InChI is InChI=1S/C23H28N6O2/c1-15-4-5-18(11-24-15)23-21(17(3)31-26-23)14-29-22(30)10-20(12-25-29)27-8-9-28(16(2)13-27)19-6-7-19/h4-5,10-12,16,19H,6-9,13-14H2,1-3H3/t16-/m0/s1. The first-order valence-corrected chi connectivity index (χ1v) is 11.0. The highest BCUT2D eigenvalue weighted by atomic mass is 16.5.